The molecule has 1 amide bonds. The predicted octanol–water partition coefficient (Wildman–Crippen LogP) is 3.24. The molecule has 0 aliphatic carbocycles. The summed E-state index contributed by atoms with van der Waals surface area (Å²) < 4.78 is 0. The number of anilines is 2. The van der Waals surface area contributed by atoms with Crippen molar-refractivity contribution in [2.45, 2.75) is 25.7 Å². The molecule has 4 heteroatoms. The summed E-state index contributed by atoms with van der Waals surface area (Å²) in [5.74, 6) is -0.159. The molecule has 2 rings (SSSR count). The quantitative estimate of drug-likeness (QED) is 0.852. The number of hydrogen-bond acceptors (Lipinski definition) is 2. The molecule has 1 heterocycles. The van der Waals surface area contributed by atoms with E-state index >= 15 is 0 Å². The summed E-state index contributed by atoms with van der Waals surface area (Å²) in [6.07, 6.45) is 5.04. The van der Waals surface area contributed by atoms with Crippen molar-refractivity contribution in [2.24, 2.45) is 0 Å². The number of hydrogen-bond donors (Lipinski definition) is 1. The molecule has 0 saturated carbocycles. The van der Waals surface area contributed by atoms with E-state index in [1.807, 2.05) is 18.2 Å². The highest BCUT2D eigenvalue weighted by Crippen LogP contribution is 2.27. The molecule has 3 nitrogen and oxygen atoms in total. The number of para-hydroxylation sites is 2. The van der Waals surface area contributed by atoms with Crippen LogP contribution in [0.2, 0.25) is 0 Å². The van der Waals surface area contributed by atoms with Crippen LogP contribution in [0.25, 0.3) is 0 Å². The first-order valence-corrected chi connectivity index (χ1v) is 7.04. The molecule has 1 saturated heterocycles. The van der Waals surface area contributed by atoms with Crippen molar-refractivity contribution >= 4 is 28.9 Å². The van der Waals surface area contributed by atoms with Gasteiger partial charge in [0, 0.05) is 13.1 Å². The van der Waals surface area contributed by atoms with Crippen LogP contribution in [0, 0.1) is 0 Å². The number of nitrogens with one attached hydrogen (secondary N) is 1. The first-order chi connectivity index (χ1) is 8.81. The maximum Gasteiger partial charge on any atom is 0.239 e. The SMILES string of the molecule is O=C(CCl)Nc1ccccc1N1CCCCCC1. The third-order valence-electron chi connectivity index (χ3n) is 3.25. The molecule has 0 bridgehead atoms. The summed E-state index contributed by atoms with van der Waals surface area (Å²) in [5, 5.41) is 2.87. The zero-order chi connectivity index (χ0) is 12.8. The first-order valence-electron chi connectivity index (χ1n) is 6.51. The normalized spacial score (nSPS) is 16.2. The highest BCUT2D eigenvalue weighted by molar-refractivity contribution is 6.29. The van der Waals surface area contributed by atoms with Gasteiger partial charge in [0.2, 0.25) is 5.91 Å². The summed E-state index contributed by atoms with van der Waals surface area (Å²) in [7, 11) is 0. The van der Waals surface area contributed by atoms with E-state index in [2.05, 4.69) is 16.3 Å². The number of halogens is 1. The largest absolute Gasteiger partial charge is 0.370 e. The monoisotopic (exact) mass is 266 g/mol. The van der Waals surface area contributed by atoms with E-state index in [0.717, 1.165) is 24.5 Å². The third-order valence-corrected chi connectivity index (χ3v) is 3.49. The molecule has 98 valence electrons. The van der Waals surface area contributed by atoms with E-state index in [1.54, 1.807) is 0 Å². The summed E-state index contributed by atoms with van der Waals surface area (Å²) in [5.41, 5.74) is 1.97. The van der Waals surface area contributed by atoms with Crippen molar-refractivity contribution in [3.63, 3.8) is 0 Å². The number of rotatable bonds is 3. The van der Waals surface area contributed by atoms with Crippen molar-refractivity contribution in [1.29, 1.82) is 0 Å². The second-order valence-electron chi connectivity index (χ2n) is 4.60. The molecule has 1 aromatic rings. The summed E-state index contributed by atoms with van der Waals surface area (Å²) in [4.78, 5) is 13.8. The summed E-state index contributed by atoms with van der Waals surface area (Å²) in [6.45, 7) is 2.13. The molecule has 0 aromatic heterocycles. The Morgan fingerprint density at radius 3 is 2.50 bits per heavy atom. The molecule has 1 fully saturated rings. The van der Waals surface area contributed by atoms with E-state index in [-0.39, 0.29) is 11.8 Å². The number of nitrogens with zero attached hydrogens (tertiary/aromatic N) is 1. The highest BCUT2D eigenvalue weighted by atomic mass is 35.5. The highest BCUT2D eigenvalue weighted by Gasteiger charge is 2.14. The van der Waals surface area contributed by atoms with Crippen LogP contribution >= 0.6 is 11.6 Å². The smallest absolute Gasteiger partial charge is 0.239 e. The van der Waals surface area contributed by atoms with Crippen molar-refractivity contribution in [2.75, 3.05) is 29.2 Å². The van der Waals surface area contributed by atoms with Crippen LogP contribution in [0.15, 0.2) is 24.3 Å². The molecular formula is C14H19ClN2O. The molecule has 0 unspecified atom stereocenters. The van der Waals surface area contributed by atoms with Crippen LogP contribution in [-0.2, 0) is 4.79 Å². The fraction of sp³-hybridized carbons (Fsp3) is 0.500. The first kappa shape index (κ1) is 13.2. The second-order valence-corrected chi connectivity index (χ2v) is 4.87. The van der Waals surface area contributed by atoms with Crippen molar-refractivity contribution in [3.05, 3.63) is 24.3 Å². The number of alkyl halides is 1. The predicted molar refractivity (Wildman–Crippen MR) is 76.5 cm³/mol. The molecule has 0 atom stereocenters. The second kappa shape index (κ2) is 6.64. The molecule has 1 aliphatic heterocycles. The topological polar surface area (TPSA) is 32.3 Å². The minimum Gasteiger partial charge on any atom is -0.370 e. The average molecular weight is 267 g/mol. The van der Waals surface area contributed by atoms with Crippen molar-refractivity contribution in [3.8, 4) is 0 Å². The van der Waals surface area contributed by atoms with Crippen molar-refractivity contribution < 1.29 is 4.79 Å². The van der Waals surface area contributed by atoms with Gasteiger partial charge in [-0.2, -0.15) is 0 Å². The third kappa shape index (κ3) is 3.39. The van der Waals surface area contributed by atoms with Gasteiger partial charge in [-0.25, -0.2) is 0 Å². The lowest BCUT2D eigenvalue weighted by atomic mass is 10.2. The fourth-order valence-corrected chi connectivity index (χ4v) is 2.42. The van der Waals surface area contributed by atoms with Crippen LogP contribution in [-0.4, -0.2) is 24.9 Å². The Morgan fingerprint density at radius 1 is 1.17 bits per heavy atom. The summed E-state index contributed by atoms with van der Waals surface area (Å²) in [6, 6.07) is 7.95. The number of carbonyl (C=O) groups excluding carboxylic acids is 1. The molecular weight excluding hydrogens is 248 g/mol. The Morgan fingerprint density at radius 2 is 1.83 bits per heavy atom. The van der Waals surface area contributed by atoms with E-state index in [4.69, 9.17) is 11.6 Å². The Bertz CT molecular complexity index is 401. The van der Waals surface area contributed by atoms with E-state index in [9.17, 15) is 4.79 Å². The van der Waals surface area contributed by atoms with Gasteiger partial charge in [0.1, 0.15) is 5.88 Å². The molecule has 1 aromatic carbocycles. The van der Waals surface area contributed by atoms with Crippen LogP contribution in [0.1, 0.15) is 25.7 Å². The Balaban J connectivity index is 2.17. The lowest BCUT2D eigenvalue weighted by molar-refractivity contribution is -0.113. The van der Waals surface area contributed by atoms with E-state index in [1.165, 1.54) is 25.7 Å². The van der Waals surface area contributed by atoms with Gasteiger partial charge in [-0.3, -0.25) is 4.79 Å². The van der Waals surface area contributed by atoms with Gasteiger partial charge >= 0.3 is 0 Å². The maximum absolute atomic E-state index is 11.4. The number of carbonyl (C=O) groups is 1. The Kier molecular flexibility index (Phi) is 4.88. The van der Waals surface area contributed by atoms with Gasteiger partial charge in [0.05, 0.1) is 11.4 Å². The Labute approximate surface area is 113 Å². The van der Waals surface area contributed by atoms with Crippen LogP contribution in [0.5, 0.6) is 0 Å². The minimum absolute atomic E-state index is 0.00562. The number of benzene rings is 1. The summed E-state index contributed by atoms with van der Waals surface area (Å²) >= 11 is 5.54. The van der Waals surface area contributed by atoms with Gasteiger partial charge in [-0.1, -0.05) is 25.0 Å². The van der Waals surface area contributed by atoms with Gasteiger partial charge in [-0.05, 0) is 25.0 Å². The molecule has 0 spiro atoms. The van der Waals surface area contributed by atoms with Gasteiger partial charge in [-0.15, -0.1) is 11.6 Å². The lowest BCUT2D eigenvalue weighted by Gasteiger charge is -2.25. The van der Waals surface area contributed by atoms with Crippen molar-refractivity contribution in [1.82, 2.24) is 0 Å². The average Bonchev–Trinajstić information content (AvgIpc) is 2.68. The maximum atomic E-state index is 11.4. The van der Waals surface area contributed by atoms with Crippen LogP contribution < -0.4 is 10.2 Å². The van der Waals surface area contributed by atoms with Crippen LogP contribution in [0.3, 0.4) is 0 Å². The molecule has 18 heavy (non-hydrogen) atoms. The Hall–Kier alpha value is -1.22. The zero-order valence-electron chi connectivity index (χ0n) is 10.5. The number of amides is 1. The van der Waals surface area contributed by atoms with Crippen LogP contribution in [0.4, 0.5) is 11.4 Å². The molecule has 0 radical (unpaired) electrons. The van der Waals surface area contributed by atoms with E-state index < -0.39 is 0 Å². The fourth-order valence-electron chi connectivity index (χ4n) is 2.35. The molecule has 1 N–H and O–H groups in total. The van der Waals surface area contributed by atoms with Gasteiger partial charge < -0.3 is 10.2 Å². The van der Waals surface area contributed by atoms with Gasteiger partial charge in [0.25, 0.3) is 0 Å². The lowest BCUT2D eigenvalue weighted by Crippen LogP contribution is -2.25. The standard InChI is InChI=1S/C14H19ClN2O/c15-11-14(18)16-12-7-3-4-8-13(12)17-9-5-1-2-6-10-17/h3-4,7-8H,1-2,5-6,9-11H2,(H,16,18). The van der Waals surface area contributed by atoms with Gasteiger partial charge in [0.15, 0.2) is 0 Å². The van der Waals surface area contributed by atoms with E-state index in [0.29, 0.717) is 0 Å². The molecule has 1 aliphatic rings. The zero-order valence-corrected chi connectivity index (χ0v) is 11.2. The minimum atomic E-state index is -0.154.